The smallest absolute Gasteiger partial charge is 0.315 e. The number of pyridine rings is 1. The summed E-state index contributed by atoms with van der Waals surface area (Å²) in [6.45, 7) is 6.33. The average molecular weight is 340 g/mol. The summed E-state index contributed by atoms with van der Waals surface area (Å²) in [4.78, 5) is 27.8. The van der Waals surface area contributed by atoms with Crippen LogP contribution in [0, 0.1) is 20.8 Å². The average Bonchev–Trinajstić information content (AvgIpc) is 2.57. The molecular formula is C19H24N4O2. The largest absolute Gasteiger partial charge is 0.338 e. The van der Waals surface area contributed by atoms with Crippen LogP contribution in [0.4, 0.5) is 10.5 Å². The quantitative estimate of drug-likeness (QED) is 0.755. The standard InChI is InChI=1S/C19H24N4O2/c1-13-9-14(2)18(15(3)10-13)23-17(24)12-22-19(25)21-8-6-16-5-4-7-20-11-16/h4-5,7,9-11H,6,8,12H2,1-3H3,(H,23,24)(H2,21,22,25). The minimum absolute atomic E-state index is 0.0779. The Bertz CT molecular complexity index is 721. The molecule has 3 amide bonds. The van der Waals surface area contributed by atoms with Gasteiger partial charge in [0.2, 0.25) is 5.91 Å². The van der Waals surface area contributed by atoms with Crippen LogP contribution >= 0.6 is 0 Å². The molecule has 0 unspecified atom stereocenters. The summed E-state index contributed by atoms with van der Waals surface area (Å²) < 4.78 is 0. The SMILES string of the molecule is Cc1cc(C)c(NC(=O)CNC(=O)NCCc2cccnc2)c(C)c1. The summed E-state index contributed by atoms with van der Waals surface area (Å²) in [5.74, 6) is -0.252. The molecule has 0 aliphatic carbocycles. The van der Waals surface area contributed by atoms with Gasteiger partial charge in [-0.3, -0.25) is 9.78 Å². The Morgan fingerprint density at radius 2 is 1.80 bits per heavy atom. The van der Waals surface area contributed by atoms with Gasteiger partial charge in [0.15, 0.2) is 0 Å². The Kier molecular flexibility index (Phi) is 6.51. The Labute approximate surface area is 148 Å². The molecule has 3 N–H and O–H groups in total. The molecule has 0 aliphatic rings. The third-order valence-corrected chi connectivity index (χ3v) is 3.77. The fourth-order valence-electron chi connectivity index (χ4n) is 2.65. The van der Waals surface area contributed by atoms with E-state index >= 15 is 0 Å². The number of hydrogen-bond donors (Lipinski definition) is 3. The van der Waals surface area contributed by atoms with Gasteiger partial charge in [-0.2, -0.15) is 0 Å². The molecule has 132 valence electrons. The molecular weight excluding hydrogens is 316 g/mol. The summed E-state index contributed by atoms with van der Waals surface area (Å²) in [6, 6.07) is 7.47. The molecule has 0 saturated carbocycles. The second-order valence-corrected chi connectivity index (χ2v) is 6.04. The monoisotopic (exact) mass is 340 g/mol. The first-order chi connectivity index (χ1) is 12.0. The number of nitrogens with zero attached hydrogens (tertiary/aromatic N) is 1. The molecule has 1 aromatic heterocycles. The second-order valence-electron chi connectivity index (χ2n) is 6.04. The van der Waals surface area contributed by atoms with E-state index in [0.717, 1.165) is 27.9 Å². The van der Waals surface area contributed by atoms with E-state index in [1.807, 2.05) is 45.0 Å². The number of rotatable bonds is 6. The third kappa shape index (κ3) is 5.91. The number of amides is 3. The van der Waals surface area contributed by atoms with E-state index in [-0.39, 0.29) is 18.5 Å². The van der Waals surface area contributed by atoms with E-state index in [1.54, 1.807) is 12.4 Å². The predicted molar refractivity (Wildman–Crippen MR) is 98.6 cm³/mol. The molecule has 2 aromatic rings. The molecule has 0 spiro atoms. The van der Waals surface area contributed by atoms with Crippen LogP contribution < -0.4 is 16.0 Å². The molecule has 0 saturated heterocycles. The van der Waals surface area contributed by atoms with Crippen molar-refractivity contribution in [2.45, 2.75) is 27.2 Å². The Morgan fingerprint density at radius 1 is 1.08 bits per heavy atom. The summed E-state index contributed by atoms with van der Waals surface area (Å²) in [5, 5.41) is 8.14. The van der Waals surface area contributed by atoms with Crippen molar-refractivity contribution in [2.75, 3.05) is 18.4 Å². The van der Waals surface area contributed by atoms with E-state index in [2.05, 4.69) is 20.9 Å². The lowest BCUT2D eigenvalue weighted by atomic mass is 10.1. The lowest BCUT2D eigenvalue weighted by molar-refractivity contribution is -0.115. The lowest BCUT2D eigenvalue weighted by Gasteiger charge is -2.13. The van der Waals surface area contributed by atoms with Gasteiger partial charge in [0.25, 0.3) is 0 Å². The molecule has 0 bridgehead atoms. The van der Waals surface area contributed by atoms with E-state index in [4.69, 9.17) is 0 Å². The molecule has 0 aliphatic heterocycles. The van der Waals surface area contributed by atoms with E-state index in [0.29, 0.717) is 13.0 Å². The molecule has 0 fully saturated rings. The number of benzene rings is 1. The zero-order chi connectivity index (χ0) is 18.2. The Hall–Kier alpha value is -2.89. The van der Waals surface area contributed by atoms with Gasteiger partial charge in [-0.05, 0) is 49.9 Å². The minimum atomic E-state index is -0.364. The number of carbonyl (C=O) groups is 2. The van der Waals surface area contributed by atoms with E-state index in [1.165, 1.54) is 0 Å². The van der Waals surface area contributed by atoms with Crippen LogP contribution in [0.3, 0.4) is 0 Å². The molecule has 2 rings (SSSR count). The number of anilines is 1. The number of nitrogens with one attached hydrogen (secondary N) is 3. The Morgan fingerprint density at radius 3 is 2.44 bits per heavy atom. The number of hydrogen-bond acceptors (Lipinski definition) is 3. The van der Waals surface area contributed by atoms with E-state index < -0.39 is 0 Å². The van der Waals surface area contributed by atoms with Crippen molar-refractivity contribution in [3.05, 3.63) is 58.9 Å². The molecule has 1 heterocycles. The molecule has 6 heteroatoms. The maximum atomic E-state index is 12.0. The van der Waals surface area contributed by atoms with Crippen molar-refractivity contribution in [3.8, 4) is 0 Å². The minimum Gasteiger partial charge on any atom is -0.338 e. The van der Waals surface area contributed by atoms with Gasteiger partial charge in [0.1, 0.15) is 0 Å². The highest BCUT2D eigenvalue weighted by atomic mass is 16.2. The highest BCUT2D eigenvalue weighted by Crippen LogP contribution is 2.21. The van der Waals surface area contributed by atoms with Crippen LogP contribution in [0.5, 0.6) is 0 Å². The highest BCUT2D eigenvalue weighted by molar-refractivity contribution is 5.95. The van der Waals surface area contributed by atoms with Gasteiger partial charge >= 0.3 is 6.03 Å². The van der Waals surface area contributed by atoms with Crippen molar-refractivity contribution in [1.82, 2.24) is 15.6 Å². The van der Waals surface area contributed by atoms with Gasteiger partial charge < -0.3 is 16.0 Å². The predicted octanol–water partition coefficient (Wildman–Crippen LogP) is 2.49. The molecule has 1 aromatic carbocycles. The van der Waals surface area contributed by atoms with Crippen LogP contribution in [0.15, 0.2) is 36.7 Å². The van der Waals surface area contributed by atoms with Crippen molar-refractivity contribution < 1.29 is 9.59 Å². The maximum absolute atomic E-state index is 12.0. The molecule has 6 nitrogen and oxygen atoms in total. The van der Waals surface area contributed by atoms with Crippen LogP contribution in [-0.2, 0) is 11.2 Å². The van der Waals surface area contributed by atoms with Crippen molar-refractivity contribution in [1.29, 1.82) is 0 Å². The number of carbonyl (C=O) groups excluding carboxylic acids is 2. The zero-order valence-corrected chi connectivity index (χ0v) is 14.8. The number of urea groups is 1. The van der Waals surface area contributed by atoms with Crippen molar-refractivity contribution in [2.24, 2.45) is 0 Å². The summed E-state index contributed by atoms with van der Waals surface area (Å²) >= 11 is 0. The highest BCUT2D eigenvalue weighted by Gasteiger charge is 2.09. The van der Waals surface area contributed by atoms with Crippen LogP contribution in [0.2, 0.25) is 0 Å². The zero-order valence-electron chi connectivity index (χ0n) is 14.8. The second kappa shape index (κ2) is 8.82. The topological polar surface area (TPSA) is 83.1 Å². The first-order valence-corrected chi connectivity index (χ1v) is 8.24. The van der Waals surface area contributed by atoms with Crippen LogP contribution in [0.1, 0.15) is 22.3 Å². The number of aryl methyl sites for hydroxylation is 3. The summed E-state index contributed by atoms with van der Waals surface area (Å²) in [6.07, 6.45) is 4.16. The molecule has 0 atom stereocenters. The van der Waals surface area contributed by atoms with Gasteiger partial charge in [-0.1, -0.05) is 23.8 Å². The molecule has 0 radical (unpaired) electrons. The fraction of sp³-hybridized carbons (Fsp3) is 0.316. The van der Waals surface area contributed by atoms with Crippen molar-refractivity contribution in [3.63, 3.8) is 0 Å². The van der Waals surface area contributed by atoms with Gasteiger partial charge in [0, 0.05) is 24.6 Å². The molecule has 25 heavy (non-hydrogen) atoms. The summed E-state index contributed by atoms with van der Waals surface area (Å²) in [5.41, 5.74) is 5.01. The third-order valence-electron chi connectivity index (χ3n) is 3.77. The normalized spacial score (nSPS) is 10.2. The first-order valence-electron chi connectivity index (χ1n) is 8.24. The summed E-state index contributed by atoms with van der Waals surface area (Å²) in [7, 11) is 0. The first kappa shape index (κ1) is 18.4. The maximum Gasteiger partial charge on any atom is 0.315 e. The van der Waals surface area contributed by atoms with Gasteiger partial charge in [-0.15, -0.1) is 0 Å². The van der Waals surface area contributed by atoms with Gasteiger partial charge in [-0.25, -0.2) is 4.79 Å². The number of aromatic nitrogens is 1. The Balaban J connectivity index is 1.73. The lowest BCUT2D eigenvalue weighted by Crippen LogP contribution is -2.40. The van der Waals surface area contributed by atoms with Crippen LogP contribution in [0.25, 0.3) is 0 Å². The van der Waals surface area contributed by atoms with E-state index in [9.17, 15) is 9.59 Å². The fourth-order valence-corrected chi connectivity index (χ4v) is 2.65. The van der Waals surface area contributed by atoms with Crippen LogP contribution in [-0.4, -0.2) is 30.0 Å². The van der Waals surface area contributed by atoms with Gasteiger partial charge in [0.05, 0.1) is 6.54 Å². The van der Waals surface area contributed by atoms with Crippen molar-refractivity contribution >= 4 is 17.6 Å².